The van der Waals surface area contributed by atoms with E-state index < -0.39 is 0 Å². The zero-order valence-electron chi connectivity index (χ0n) is 11.1. The monoisotopic (exact) mass is 302 g/mol. The Labute approximate surface area is 125 Å². The quantitative estimate of drug-likeness (QED) is 0.740. The lowest BCUT2D eigenvalue weighted by Gasteiger charge is -2.05. The number of rotatable bonds is 4. The molecule has 3 nitrogen and oxygen atoms in total. The van der Waals surface area contributed by atoms with E-state index >= 15 is 0 Å². The molecule has 1 aromatic carbocycles. The molecule has 3 rings (SSSR count). The van der Waals surface area contributed by atoms with Gasteiger partial charge in [-0.15, -0.1) is 11.3 Å². The maximum Gasteiger partial charge on any atom is 0.258 e. The van der Waals surface area contributed by atoms with E-state index in [1.807, 2.05) is 5.38 Å². The smallest absolute Gasteiger partial charge is 0.258 e. The largest absolute Gasteiger partial charge is 0.269 e. The maximum atomic E-state index is 11.9. The van der Waals surface area contributed by atoms with Gasteiger partial charge in [0.25, 0.3) is 5.56 Å². The zero-order valence-corrected chi connectivity index (χ0v) is 12.7. The Hall–Kier alpha value is -1.59. The van der Waals surface area contributed by atoms with Gasteiger partial charge in [0.1, 0.15) is 0 Å². The van der Waals surface area contributed by atoms with Gasteiger partial charge in [-0.3, -0.25) is 9.20 Å². The number of aromatic nitrogens is 2. The van der Waals surface area contributed by atoms with E-state index in [1.165, 1.54) is 22.5 Å². The molecule has 5 heteroatoms. The molecule has 0 aliphatic carbocycles. The van der Waals surface area contributed by atoms with Crippen LogP contribution in [0.4, 0.5) is 0 Å². The van der Waals surface area contributed by atoms with Crippen LogP contribution in [0, 0.1) is 6.92 Å². The van der Waals surface area contributed by atoms with Crippen molar-refractivity contribution in [1.82, 2.24) is 9.38 Å². The van der Waals surface area contributed by atoms with Crippen LogP contribution in [0.25, 0.3) is 4.96 Å². The molecule has 0 amide bonds. The lowest BCUT2D eigenvalue weighted by atomic mass is 10.1. The maximum absolute atomic E-state index is 11.9. The number of aryl methyl sites for hydroxylation is 1. The Kier molecular flexibility index (Phi) is 3.89. The second-order valence-electron chi connectivity index (χ2n) is 4.56. The van der Waals surface area contributed by atoms with Crippen molar-refractivity contribution in [2.45, 2.75) is 18.4 Å². The summed E-state index contributed by atoms with van der Waals surface area (Å²) in [5.74, 6) is 1.70. The minimum absolute atomic E-state index is 0.00254. The first-order valence-electron chi connectivity index (χ1n) is 6.32. The number of hydrogen-bond donors (Lipinski definition) is 0. The molecular formula is C15H14N2OS2. The summed E-state index contributed by atoms with van der Waals surface area (Å²) in [4.78, 5) is 17.1. The average Bonchev–Trinajstić information content (AvgIpc) is 2.90. The SMILES string of the molecule is Cc1ccccc1CSCc1cc(=O)n2ccsc2n1. The van der Waals surface area contributed by atoms with Gasteiger partial charge in [-0.05, 0) is 18.1 Å². The van der Waals surface area contributed by atoms with Gasteiger partial charge >= 0.3 is 0 Å². The molecular weight excluding hydrogens is 288 g/mol. The average molecular weight is 302 g/mol. The van der Waals surface area contributed by atoms with Crippen molar-refractivity contribution in [3.8, 4) is 0 Å². The third kappa shape index (κ3) is 2.78. The minimum atomic E-state index is 0.00254. The summed E-state index contributed by atoms with van der Waals surface area (Å²) in [6.07, 6.45) is 1.76. The lowest BCUT2D eigenvalue weighted by molar-refractivity contribution is 1.04. The molecule has 0 bridgehead atoms. The molecule has 0 aliphatic rings. The molecule has 0 saturated carbocycles. The highest BCUT2D eigenvalue weighted by Crippen LogP contribution is 2.19. The van der Waals surface area contributed by atoms with Crippen LogP contribution in [-0.4, -0.2) is 9.38 Å². The topological polar surface area (TPSA) is 34.4 Å². The van der Waals surface area contributed by atoms with Crippen molar-refractivity contribution in [3.63, 3.8) is 0 Å². The number of thioether (sulfide) groups is 1. The van der Waals surface area contributed by atoms with E-state index in [0.29, 0.717) is 0 Å². The van der Waals surface area contributed by atoms with E-state index in [9.17, 15) is 4.79 Å². The first-order valence-corrected chi connectivity index (χ1v) is 8.35. The number of thiazole rings is 1. The van der Waals surface area contributed by atoms with Gasteiger partial charge in [0.2, 0.25) is 0 Å². The molecule has 3 aromatic rings. The molecule has 102 valence electrons. The fourth-order valence-electron chi connectivity index (χ4n) is 2.00. The van der Waals surface area contributed by atoms with E-state index in [2.05, 4.69) is 36.2 Å². The highest BCUT2D eigenvalue weighted by molar-refractivity contribution is 7.97. The molecule has 0 unspecified atom stereocenters. The van der Waals surface area contributed by atoms with Crippen LogP contribution in [0.1, 0.15) is 16.8 Å². The van der Waals surface area contributed by atoms with Crippen LogP contribution in [0.3, 0.4) is 0 Å². The minimum Gasteiger partial charge on any atom is -0.269 e. The highest BCUT2D eigenvalue weighted by atomic mass is 32.2. The molecule has 0 radical (unpaired) electrons. The molecule has 2 heterocycles. The molecule has 0 fully saturated rings. The fraction of sp³-hybridized carbons (Fsp3) is 0.200. The second kappa shape index (κ2) is 5.81. The molecule has 0 N–H and O–H groups in total. The van der Waals surface area contributed by atoms with Gasteiger partial charge in [-0.2, -0.15) is 11.8 Å². The van der Waals surface area contributed by atoms with E-state index in [1.54, 1.807) is 28.4 Å². The molecule has 0 saturated heterocycles. The van der Waals surface area contributed by atoms with Gasteiger partial charge in [-0.1, -0.05) is 24.3 Å². The van der Waals surface area contributed by atoms with Crippen LogP contribution in [-0.2, 0) is 11.5 Å². The second-order valence-corrected chi connectivity index (χ2v) is 6.42. The first-order chi connectivity index (χ1) is 9.74. The summed E-state index contributed by atoms with van der Waals surface area (Å²) in [5.41, 5.74) is 3.51. The van der Waals surface area contributed by atoms with Crippen molar-refractivity contribution < 1.29 is 0 Å². The van der Waals surface area contributed by atoms with Crippen molar-refractivity contribution in [2.24, 2.45) is 0 Å². The zero-order chi connectivity index (χ0) is 13.9. The third-order valence-electron chi connectivity index (χ3n) is 3.12. The van der Waals surface area contributed by atoms with Crippen LogP contribution in [0.15, 0.2) is 46.7 Å². The van der Waals surface area contributed by atoms with Gasteiger partial charge in [-0.25, -0.2) is 4.98 Å². The van der Waals surface area contributed by atoms with Crippen molar-refractivity contribution in [3.05, 3.63) is 69.1 Å². The Morgan fingerprint density at radius 1 is 1.30 bits per heavy atom. The summed E-state index contributed by atoms with van der Waals surface area (Å²) in [6, 6.07) is 10.0. The fourth-order valence-corrected chi connectivity index (χ4v) is 3.74. The van der Waals surface area contributed by atoms with Crippen LogP contribution >= 0.6 is 23.1 Å². The summed E-state index contributed by atoms with van der Waals surface area (Å²) in [7, 11) is 0. The third-order valence-corrected chi connectivity index (χ3v) is 4.90. The van der Waals surface area contributed by atoms with Crippen molar-refractivity contribution >= 4 is 28.1 Å². The summed E-state index contributed by atoms with van der Waals surface area (Å²) >= 11 is 3.28. The van der Waals surface area contributed by atoms with E-state index in [4.69, 9.17) is 0 Å². The molecule has 2 aromatic heterocycles. The molecule has 0 spiro atoms. The molecule has 0 atom stereocenters. The summed E-state index contributed by atoms with van der Waals surface area (Å²) in [6.45, 7) is 2.12. The highest BCUT2D eigenvalue weighted by Gasteiger charge is 2.04. The molecule has 20 heavy (non-hydrogen) atoms. The summed E-state index contributed by atoms with van der Waals surface area (Å²) in [5, 5.41) is 1.88. The molecule has 0 aliphatic heterocycles. The Bertz CT molecular complexity index is 792. The number of benzene rings is 1. The van der Waals surface area contributed by atoms with Gasteiger partial charge in [0.15, 0.2) is 4.96 Å². The number of hydrogen-bond acceptors (Lipinski definition) is 4. The standard InChI is InChI=1S/C15H14N2OS2/c1-11-4-2-3-5-12(11)9-19-10-13-8-14(18)17-6-7-20-15(17)16-13/h2-8H,9-10H2,1H3. The Morgan fingerprint density at radius 3 is 3.00 bits per heavy atom. The van der Waals surface area contributed by atoms with Crippen LogP contribution < -0.4 is 5.56 Å². The lowest BCUT2D eigenvalue weighted by Crippen LogP contribution is -2.12. The predicted octanol–water partition coefficient (Wildman–Crippen LogP) is 3.50. The van der Waals surface area contributed by atoms with E-state index in [-0.39, 0.29) is 5.56 Å². The van der Waals surface area contributed by atoms with Crippen molar-refractivity contribution in [1.29, 1.82) is 0 Å². The van der Waals surface area contributed by atoms with E-state index in [0.717, 1.165) is 22.2 Å². The Morgan fingerprint density at radius 2 is 2.15 bits per heavy atom. The van der Waals surface area contributed by atoms with Crippen LogP contribution in [0.5, 0.6) is 0 Å². The normalized spacial score (nSPS) is 11.1. The van der Waals surface area contributed by atoms with Crippen LogP contribution in [0.2, 0.25) is 0 Å². The summed E-state index contributed by atoms with van der Waals surface area (Å²) < 4.78 is 1.58. The van der Waals surface area contributed by atoms with Crippen molar-refractivity contribution in [2.75, 3.05) is 0 Å². The number of nitrogens with zero attached hydrogens (tertiary/aromatic N) is 2. The first kappa shape index (κ1) is 13.4. The van der Waals surface area contributed by atoms with Gasteiger partial charge in [0, 0.05) is 29.1 Å². The number of fused-ring (bicyclic) bond motifs is 1. The van der Waals surface area contributed by atoms with Gasteiger partial charge < -0.3 is 0 Å². The predicted molar refractivity (Wildman–Crippen MR) is 85.5 cm³/mol. The van der Waals surface area contributed by atoms with Gasteiger partial charge in [0.05, 0.1) is 5.69 Å². The Balaban J connectivity index is 1.71.